The van der Waals surface area contributed by atoms with E-state index in [0.717, 1.165) is 6.26 Å². The third-order valence-corrected chi connectivity index (χ3v) is 3.88. The zero-order valence-corrected chi connectivity index (χ0v) is 12.1. The molecule has 1 heterocycles. The molecule has 2 aromatic rings. The zero-order valence-electron chi connectivity index (χ0n) is 9.75. The van der Waals surface area contributed by atoms with Crippen molar-refractivity contribution in [2.24, 2.45) is 0 Å². The molecule has 0 saturated carbocycles. The summed E-state index contributed by atoms with van der Waals surface area (Å²) < 4.78 is 23.8. The minimum Gasteiger partial charge on any atom is -0.266 e. The summed E-state index contributed by atoms with van der Waals surface area (Å²) in [7, 11) is -3.60. The van der Waals surface area contributed by atoms with Gasteiger partial charge in [0.05, 0.1) is 11.3 Å². The number of nitrogens with one attached hydrogen (secondary N) is 1. The molecule has 1 aromatic carbocycles. The van der Waals surface area contributed by atoms with Gasteiger partial charge in [-0.25, -0.2) is 18.1 Å². The van der Waals surface area contributed by atoms with Crippen molar-refractivity contribution in [1.29, 1.82) is 0 Å². The largest absolute Gasteiger partial charge is 0.284 e. The Labute approximate surface area is 119 Å². The number of carbonyl (C=O) groups excluding carboxylic acids is 1. The van der Waals surface area contributed by atoms with E-state index in [1.54, 1.807) is 24.3 Å². The Balaban J connectivity index is 2.30. The number of hydrogen-bond acceptors (Lipinski definition) is 5. The third-order valence-electron chi connectivity index (χ3n) is 2.12. The van der Waals surface area contributed by atoms with Gasteiger partial charge in [-0.2, -0.15) is 0 Å². The van der Waals surface area contributed by atoms with Gasteiger partial charge >= 0.3 is 0 Å². The number of thiazole rings is 1. The number of sulfonamides is 1. The number of nitrogens with zero attached hydrogens (tertiary/aromatic N) is 1. The Hall–Kier alpha value is -1.44. The van der Waals surface area contributed by atoms with Crippen molar-refractivity contribution in [2.45, 2.75) is 0 Å². The number of carbonyl (C=O) groups is 1. The Morgan fingerprint density at radius 3 is 2.68 bits per heavy atom. The first-order valence-corrected chi connectivity index (χ1v) is 8.24. The number of amides is 1. The van der Waals surface area contributed by atoms with Gasteiger partial charge in [-0.05, 0) is 6.07 Å². The number of benzene rings is 1. The van der Waals surface area contributed by atoms with E-state index < -0.39 is 15.9 Å². The molecular formula is C11H9ClN2O3S2. The van der Waals surface area contributed by atoms with Crippen LogP contribution < -0.4 is 4.72 Å². The van der Waals surface area contributed by atoms with Crippen molar-refractivity contribution >= 4 is 38.9 Å². The predicted octanol–water partition coefficient (Wildman–Crippen LogP) is 2.15. The molecule has 1 aromatic heterocycles. The summed E-state index contributed by atoms with van der Waals surface area (Å²) >= 11 is 7.24. The second-order valence-electron chi connectivity index (χ2n) is 3.72. The molecule has 0 unspecified atom stereocenters. The van der Waals surface area contributed by atoms with E-state index in [2.05, 4.69) is 4.98 Å². The lowest BCUT2D eigenvalue weighted by Gasteiger charge is -1.99. The summed E-state index contributed by atoms with van der Waals surface area (Å²) in [4.78, 5) is 15.7. The first-order valence-electron chi connectivity index (χ1n) is 5.09. The summed E-state index contributed by atoms with van der Waals surface area (Å²) in [5, 5.41) is 2.57. The molecule has 0 spiro atoms. The van der Waals surface area contributed by atoms with Gasteiger partial charge in [0, 0.05) is 10.9 Å². The average molecular weight is 317 g/mol. The third kappa shape index (κ3) is 3.52. The van der Waals surface area contributed by atoms with Crippen LogP contribution in [0.25, 0.3) is 10.6 Å². The standard InChI is InChI=1S/C11H9ClN2O3S2/c1-19(16,17)14-10(15)9-6-18-11(13-9)7-4-2-3-5-8(7)12/h2-6H,1H3,(H,14,15). The van der Waals surface area contributed by atoms with E-state index in [9.17, 15) is 13.2 Å². The number of halogens is 1. The number of hydrogen-bond donors (Lipinski definition) is 1. The molecule has 0 atom stereocenters. The lowest BCUT2D eigenvalue weighted by atomic mass is 10.2. The van der Waals surface area contributed by atoms with E-state index in [1.165, 1.54) is 16.7 Å². The Morgan fingerprint density at radius 1 is 1.37 bits per heavy atom. The normalized spacial score (nSPS) is 11.3. The van der Waals surface area contributed by atoms with Crippen LogP contribution in [0.2, 0.25) is 5.02 Å². The lowest BCUT2D eigenvalue weighted by Crippen LogP contribution is -2.29. The zero-order chi connectivity index (χ0) is 14.0. The highest BCUT2D eigenvalue weighted by atomic mass is 35.5. The van der Waals surface area contributed by atoms with Crippen molar-refractivity contribution in [1.82, 2.24) is 9.71 Å². The molecule has 0 saturated heterocycles. The van der Waals surface area contributed by atoms with Crippen molar-refractivity contribution in [3.05, 3.63) is 40.4 Å². The minimum absolute atomic E-state index is 0.0466. The monoisotopic (exact) mass is 316 g/mol. The summed E-state index contributed by atoms with van der Waals surface area (Å²) in [5.74, 6) is -0.753. The number of aromatic nitrogens is 1. The van der Waals surface area contributed by atoms with Gasteiger partial charge in [0.1, 0.15) is 10.7 Å². The number of rotatable bonds is 3. The van der Waals surface area contributed by atoms with Crippen molar-refractivity contribution in [3.63, 3.8) is 0 Å². The Bertz CT molecular complexity index is 725. The quantitative estimate of drug-likeness (QED) is 0.941. The Morgan fingerprint density at radius 2 is 2.05 bits per heavy atom. The molecule has 0 aliphatic carbocycles. The fourth-order valence-corrected chi connectivity index (χ4v) is 2.92. The van der Waals surface area contributed by atoms with E-state index >= 15 is 0 Å². The van der Waals surface area contributed by atoms with Crippen LogP contribution in [0.5, 0.6) is 0 Å². The molecular weight excluding hydrogens is 308 g/mol. The average Bonchev–Trinajstić information content (AvgIpc) is 2.76. The highest BCUT2D eigenvalue weighted by molar-refractivity contribution is 7.89. The fraction of sp³-hybridized carbons (Fsp3) is 0.0909. The van der Waals surface area contributed by atoms with E-state index in [1.807, 2.05) is 4.72 Å². The van der Waals surface area contributed by atoms with Crippen molar-refractivity contribution in [3.8, 4) is 10.6 Å². The highest BCUT2D eigenvalue weighted by Gasteiger charge is 2.16. The molecule has 1 amide bonds. The van der Waals surface area contributed by atoms with Crippen molar-refractivity contribution < 1.29 is 13.2 Å². The first-order chi connectivity index (χ1) is 8.87. The molecule has 2 rings (SSSR count). The molecule has 0 aliphatic heterocycles. The van der Waals surface area contributed by atoms with Crippen LogP contribution in [0.15, 0.2) is 29.6 Å². The van der Waals surface area contributed by atoms with Gasteiger partial charge in [0.15, 0.2) is 0 Å². The Kier molecular flexibility index (Phi) is 3.88. The van der Waals surface area contributed by atoms with Crippen LogP contribution in [0.1, 0.15) is 10.5 Å². The summed E-state index contributed by atoms with van der Waals surface area (Å²) in [5.41, 5.74) is 0.748. The van der Waals surface area contributed by atoms with Crippen LogP contribution in [0.4, 0.5) is 0 Å². The van der Waals surface area contributed by atoms with Crippen molar-refractivity contribution in [2.75, 3.05) is 6.26 Å². The molecule has 0 fully saturated rings. The van der Waals surface area contributed by atoms with E-state index in [0.29, 0.717) is 15.6 Å². The molecule has 0 bridgehead atoms. The summed E-state index contributed by atoms with van der Waals surface area (Å²) in [6.07, 6.45) is 0.909. The van der Waals surface area contributed by atoms with E-state index in [-0.39, 0.29) is 5.69 Å². The maximum atomic E-state index is 11.6. The van der Waals surface area contributed by atoms with E-state index in [4.69, 9.17) is 11.6 Å². The maximum Gasteiger partial charge on any atom is 0.284 e. The van der Waals surface area contributed by atoms with Crippen LogP contribution in [0.3, 0.4) is 0 Å². The molecule has 5 nitrogen and oxygen atoms in total. The van der Waals surface area contributed by atoms with Gasteiger partial charge in [-0.3, -0.25) is 4.79 Å². The molecule has 0 aliphatic rings. The van der Waals surface area contributed by atoms with Crippen LogP contribution in [0, 0.1) is 0 Å². The topological polar surface area (TPSA) is 76.1 Å². The summed E-state index contributed by atoms with van der Waals surface area (Å²) in [6, 6.07) is 7.09. The SMILES string of the molecule is CS(=O)(=O)NC(=O)c1csc(-c2ccccc2Cl)n1. The van der Waals surface area contributed by atoms with Crippen LogP contribution in [-0.4, -0.2) is 25.6 Å². The summed E-state index contributed by atoms with van der Waals surface area (Å²) in [6.45, 7) is 0. The highest BCUT2D eigenvalue weighted by Crippen LogP contribution is 2.29. The predicted molar refractivity (Wildman–Crippen MR) is 74.9 cm³/mol. The maximum absolute atomic E-state index is 11.6. The molecule has 0 radical (unpaired) electrons. The molecule has 100 valence electrons. The van der Waals surface area contributed by atoms with Gasteiger partial charge in [-0.1, -0.05) is 29.8 Å². The van der Waals surface area contributed by atoms with Gasteiger partial charge in [0.25, 0.3) is 5.91 Å². The fourth-order valence-electron chi connectivity index (χ4n) is 1.36. The van der Waals surface area contributed by atoms with Gasteiger partial charge in [-0.15, -0.1) is 11.3 Å². The van der Waals surface area contributed by atoms with Crippen LogP contribution >= 0.6 is 22.9 Å². The lowest BCUT2D eigenvalue weighted by molar-refractivity contribution is 0.0977. The minimum atomic E-state index is -3.60. The molecule has 1 N–H and O–H groups in total. The second kappa shape index (κ2) is 5.28. The first kappa shape index (κ1) is 14.0. The van der Waals surface area contributed by atoms with Gasteiger partial charge in [0.2, 0.25) is 10.0 Å². The molecule has 19 heavy (non-hydrogen) atoms. The molecule has 8 heteroatoms. The second-order valence-corrected chi connectivity index (χ2v) is 6.73. The van der Waals surface area contributed by atoms with Gasteiger partial charge < -0.3 is 0 Å². The smallest absolute Gasteiger partial charge is 0.266 e. The van der Waals surface area contributed by atoms with Crippen LogP contribution in [-0.2, 0) is 10.0 Å².